The maximum absolute atomic E-state index is 13.1. The first-order valence-electron chi connectivity index (χ1n) is 15.7. The van der Waals surface area contributed by atoms with Crippen LogP contribution < -0.4 is 15.4 Å². The van der Waals surface area contributed by atoms with Gasteiger partial charge in [0.15, 0.2) is 11.6 Å². The molecule has 7 heteroatoms. The summed E-state index contributed by atoms with van der Waals surface area (Å²) in [5.41, 5.74) is 3.86. The number of carbonyl (C=O) groups excluding carboxylic acids is 2. The molecule has 0 aliphatic heterocycles. The number of carboxylic acids is 1. The van der Waals surface area contributed by atoms with Crippen LogP contribution in [0.1, 0.15) is 77.3 Å². The van der Waals surface area contributed by atoms with E-state index in [0.717, 1.165) is 48.9 Å². The average Bonchev–Trinajstić information content (AvgIpc) is 3.07. The SMILES string of the molecule is CCCCCCC(=O)c1ccccc1NCCCOc1ccc(CC(Nc2ccccc2C(=O)c2ccccc2)C(=O)O)cc1. The summed E-state index contributed by atoms with van der Waals surface area (Å²) in [4.78, 5) is 38.0. The fourth-order valence-electron chi connectivity index (χ4n) is 5.11. The lowest BCUT2D eigenvalue weighted by molar-refractivity contribution is -0.137. The normalized spacial score (nSPS) is 11.4. The molecule has 0 fully saturated rings. The van der Waals surface area contributed by atoms with Crippen molar-refractivity contribution in [1.82, 2.24) is 0 Å². The molecule has 234 valence electrons. The molecule has 0 bridgehead atoms. The van der Waals surface area contributed by atoms with Gasteiger partial charge < -0.3 is 20.5 Å². The highest BCUT2D eigenvalue weighted by Gasteiger charge is 2.21. The van der Waals surface area contributed by atoms with Gasteiger partial charge in [0.05, 0.1) is 6.61 Å². The number of ether oxygens (including phenoxy) is 1. The molecule has 0 aliphatic rings. The van der Waals surface area contributed by atoms with Crippen LogP contribution in [0.4, 0.5) is 11.4 Å². The molecule has 0 heterocycles. The van der Waals surface area contributed by atoms with Gasteiger partial charge in [0.2, 0.25) is 0 Å². The number of benzene rings is 4. The Morgan fingerprint density at radius 3 is 2.11 bits per heavy atom. The Balaban J connectivity index is 1.26. The van der Waals surface area contributed by atoms with Crippen molar-refractivity contribution in [3.8, 4) is 5.75 Å². The number of aliphatic carboxylic acids is 1. The largest absolute Gasteiger partial charge is 0.494 e. The summed E-state index contributed by atoms with van der Waals surface area (Å²) in [6.45, 7) is 3.32. The van der Waals surface area contributed by atoms with E-state index in [1.54, 1.807) is 48.5 Å². The van der Waals surface area contributed by atoms with Gasteiger partial charge in [0.1, 0.15) is 11.8 Å². The van der Waals surface area contributed by atoms with E-state index >= 15 is 0 Å². The van der Waals surface area contributed by atoms with Gasteiger partial charge >= 0.3 is 5.97 Å². The second-order valence-electron chi connectivity index (χ2n) is 11.0. The molecule has 3 N–H and O–H groups in total. The second kappa shape index (κ2) is 17.4. The second-order valence-corrected chi connectivity index (χ2v) is 11.0. The highest BCUT2D eigenvalue weighted by atomic mass is 16.5. The third kappa shape index (κ3) is 10.1. The predicted molar refractivity (Wildman–Crippen MR) is 180 cm³/mol. The highest BCUT2D eigenvalue weighted by molar-refractivity contribution is 6.12. The molecule has 7 nitrogen and oxygen atoms in total. The summed E-state index contributed by atoms with van der Waals surface area (Å²) in [5, 5.41) is 16.4. The Bertz CT molecular complexity index is 1540. The highest BCUT2D eigenvalue weighted by Crippen LogP contribution is 2.22. The van der Waals surface area contributed by atoms with Crippen molar-refractivity contribution >= 4 is 28.9 Å². The number of unbranched alkanes of at least 4 members (excludes halogenated alkanes) is 3. The van der Waals surface area contributed by atoms with Gasteiger partial charge in [-0.15, -0.1) is 0 Å². The van der Waals surface area contributed by atoms with Crippen molar-refractivity contribution in [2.45, 2.75) is 57.9 Å². The van der Waals surface area contributed by atoms with E-state index in [0.29, 0.717) is 42.1 Å². The zero-order valence-corrected chi connectivity index (χ0v) is 25.8. The average molecular weight is 607 g/mol. The quantitative estimate of drug-likeness (QED) is 0.0732. The molecule has 4 aromatic carbocycles. The summed E-state index contributed by atoms with van der Waals surface area (Å²) in [6, 6.07) is 30.0. The summed E-state index contributed by atoms with van der Waals surface area (Å²) in [7, 11) is 0. The number of ketones is 2. The summed E-state index contributed by atoms with van der Waals surface area (Å²) in [6.07, 6.45) is 5.85. The van der Waals surface area contributed by atoms with Crippen LogP contribution in [0.5, 0.6) is 5.75 Å². The van der Waals surface area contributed by atoms with Crippen LogP contribution in [0.15, 0.2) is 103 Å². The zero-order chi connectivity index (χ0) is 31.9. The van der Waals surface area contributed by atoms with E-state index < -0.39 is 12.0 Å². The van der Waals surface area contributed by atoms with Crippen LogP contribution in [0.3, 0.4) is 0 Å². The van der Waals surface area contributed by atoms with E-state index in [-0.39, 0.29) is 18.0 Å². The molecule has 0 saturated carbocycles. The summed E-state index contributed by atoms with van der Waals surface area (Å²) in [5.74, 6) is -0.310. The number of para-hydroxylation sites is 2. The standard InChI is InChI=1S/C38H42N2O5/c1-2-3-4-8-20-36(41)31-16-9-11-18-33(31)39-25-13-26-45-30-23-21-28(22-24-30)27-35(38(43)44)40-34-19-12-10-17-32(34)37(42)29-14-6-5-7-15-29/h5-7,9-12,14-19,21-24,35,39-40H,2-4,8,13,20,25-27H2,1H3,(H,43,44). The third-order valence-corrected chi connectivity index (χ3v) is 7.59. The lowest BCUT2D eigenvalue weighted by Gasteiger charge is -2.18. The van der Waals surface area contributed by atoms with Crippen molar-refractivity contribution in [2.75, 3.05) is 23.8 Å². The van der Waals surface area contributed by atoms with Gasteiger partial charge in [-0.2, -0.15) is 0 Å². The maximum atomic E-state index is 13.1. The monoisotopic (exact) mass is 606 g/mol. The van der Waals surface area contributed by atoms with E-state index in [2.05, 4.69) is 17.6 Å². The number of hydrogen-bond donors (Lipinski definition) is 3. The molecule has 0 aromatic heterocycles. The van der Waals surface area contributed by atoms with Crippen LogP contribution in [0.25, 0.3) is 0 Å². The van der Waals surface area contributed by atoms with Gasteiger partial charge in [-0.25, -0.2) is 4.79 Å². The first-order valence-corrected chi connectivity index (χ1v) is 15.7. The smallest absolute Gasteiger partial charge is 0.326 e. The van der Waals surface area contributed by atoms with Crippen molar-refractivity contribution in [3.05, 3.63) is 125 Å². The molecule has 1 atom stereocenters. The van der Waals surface area contributed by atoms with Crippen LogP contribution in [-0.2, 0) is 11.2 Å². The molecular weight excluding hydrogens is 564 g/mol. The van der Waals surface area contributed by atoms with Crippen LogP contribution in [-0.4, -0.2) is 41.8 Å². The number of rotatable bonds is 19. The van der Waals surface area contributed by atoms with Crippen molar-refractivity contribution in [2.24, 2.45) is 0 Å². The number of carboxylic acid groups (broad SMARTS) is 1. The minimum atomic E-state index is -1.01. The van der Waals surface area contributed by atoms with Gasteiger partial charge in [-0.3, -0.25) is 9.59 Å². The van der Waals surface area contributed by atoms with Gasteiger partial charge in [-0.05, 0) is 54.8 Å². The number of anilines is 2. The molecule has 45 heavy (non-hydrogen) atoms. The number of Topliss-reactive ketones (excluding diaryl/α,β-unsaturated/α-hetero) is 1. The molecule has 4 rings (SSSR count). The molecule has 4 aromatic rings. The fraction of sp³-hybridized carbons (Fsp3) is 0.289. The van der Waals surface area contributed by atoms with Crippen LogP contribution in [0.2, 0.25) is 0 Å². The minimum absolute atomic E-state index is 0.171. The molecule has 0 saturated heterocycles. The molecule has 0 spiro atoms. The van der Waals surface area contributed by atoms with Crippen molar-refractivity contribution < 1.29 is 24.2 Å². The Morgan fingerprint density at radius 1 is 0.733 bits per heavy atom. The lowest BCUT2D eigenvalue weighted by Crippen LogP contribution is -2.32. The topological polar surface area (TPSA) is 105 Å². The molecule has 0 aliphatic carbocycles. The molecule has 0 radical (unpaired) electrons. The maximum Gasteiger partial charge on any atom is 0.326 e. The van der Waals surface area contributed by atoms with Gasteiger partial charge in [0, 0.05) is 47.5 Å². The van der Waals surface area contributed by atoms with Gasteiger partial charge in [0.25, 0.3) is 0 Å². The molecule has 1 unspecified atom stereocenters. The summed E-state index contributed by atoms with van der Waals surface area (Å²) < 4.78 is 5.91. The Labute approximate surface area is 265 Å². The Hall–Kier alpha value is -4.91. The van der Waals surface area contributed by atoms with Crippen LogP contribution in [0, 0.1) is 0 Å². The van der Waals surface area contributed by atoms with E-state index in [1.165, 1.54) is 0 Å². The van der Waals surface area contributed by atoms with E-state index in [1.807, 2.05) is 54.6 Å². The number of hydrogen-bond acceptors (Lipinski definition) is 6. The van der Waals surface area contributed by atoms with E-state index in [4.69, 9.17) is 4.74 Å². The number of nitrogens with one attached hydrogen (secondary N) is 2. The Kier molecular flexibility index (Phi) is 12.8. The third-order valence-electron chi connectivity index (χ3n) is 7.59. The molecule has 0 amide bonds. The minimum Gasteiger partial charge on any atom is -0.494 e. The zero-order valence-electron chi connectivity index (χ0n) is 25.8. The summed E-state index contributed by atoms with van der Waals surface area (Å²) >= 11 is 0. The first-order chi connectivity index (χ1) is 22.0. The van der Waals surface area contributed by atoms with Crippen molar-refractivity contribution in [3.63, 3.8) is 0 Å². The molecular formula is C38H42N2O5. The Morgan fingerprint density at radius 2 is 1.40 bits per heavy atom. The predicted octanol–water partition coefficient (Wildman–Crippen LogP) is 8.06. The first kappa shape index (κ1) is 33.0. The van der Waals surface area contributed by atoms with E-state index in [9.17, 15) is 19.5 Å². The van der Waals surface area contributed by atoms with Crippen LogP contribution >= 0.6 is 0 Å². The number of carbonyl (C=O) groups is 3. The lowest BCUT2D eigenvalue weighted by atomic mass is 10.00. The fourth-order valence-corrected chi connectivity index (χ4v) is 5.11. The van der Waals surface area contributed by atoms with Gasteiger partial charge in [-0.1, -0.05) is 92.9 Å². The van der Waals surface area contributed by atoms with Crippen molar-refractivity contribution in [1.29, 1.82) is 0 Å².